The molecule has 0 aromatic carbocycles. The number of hydrogen-bond donors (Lipinski definition) is 0. The molecule has 0 aliphatic carbocycles. The number of piperazine rings is 1. The van der Waals surface area contributed by atoms with E-state index in [4.69, 9.17) is 0 Å². The number of amides is 2. The van der Waals surface area contributed by atoms with E-state index in [2.05, 4.69) is 20.8 Å². The van der Waals surface area contributed by atoms with E-state index >= 15 is 0 Å². The highest BCUT2D eigenvalue weighted by atomic mass is 16.2. The van der Waals surface area contributed by atoms with Gasteiger partial charge in [-0.2, -0.15) is 0 Å². The van der Waals surface area contributed by atoms with E-state index in [-0.39, 0.29) is 35.4 Å². The van der Waals surface area contributed by atoms with Crippen molar-refractivity contribution in [3.05, 3.63) is 0 Å². The third kappa shape index (κ3) is 2.33. The fraction of sp³-hybridized carbons (Fsp3) is 0.875. The van der Waals surface area contributed by atoms with Gasteiger partial charge in [-0.25, -0.2) is 0 Å². The summed E-state index contributed by atoms with van der Waals surface area (Å²) in [4.78, 5) is 29.6. The summed E-state index contributed by atoms with van der Waals surface area (Å²) in [7, 11) is 0. The van der Waals surface area contributed by atoms with Crippen molar-refractivity contribution in [3.8, 4) is 0 Å². The number of fused-ring (bicyclic) bond motifs is 1. The summed E-state index contributed by atoms with van der Waals surface area (Å²) >= 11 is 0. The van der Waals surface area contributed by atoms with Crippen LogP contribution in [0.15, 0.2) is 0 Å². The number of piperidine rings is 1. The molecule has 2 saturated heterocycles. The Labute approximate surface area is 122 Å². The highest BCUT2D eigenvalue weighted by Crippen LogP contribution is 2.34. The SMILES string of the molecule is CCC(C)(C)N1C(=O)C2CCCCN2C(=O)C1C(C)C. The molecule has 2 fully saturated rings. The molecule has 0 N–H and O–H groups in total. The molecule has 2 aliphatic rings. The van der Waals surface area contributed by atoms with Gasteiger partial charge in [0.2, 0.25) is 11.8 Å². The van der Waals surface area contributed by atoms with Crippen LogP contribution in [0.3, 0.4) is 0 Å². The monoisotopic (exact) mass is 280 g/mol. The van der Waals surface area contributed by atoms with Crippen molar-refractivity contribution in [2.75, 3.05) is 6.54 Å². The van der Waals surface area contributed by atoms with E-state index in [1.807, 2.05) is 23.6 Å². The Morgan fingerprint density at radius 2 is 1.85 bits per heavy atom. The number of hydrogen-bond acceptors (Lipinski definition) is 2. The summed E-state index contributed by atoms with van der Waals surface area (Å²) < 4.78 is 0. The van der Waals surface area contributed by atoms with Gasteiger partial charge in [-0.3, -0.25) is 9.59 Å². The molecule has 0 aromatic rings. The molecule has 0 spiro atoms. The van der Waals surface area contributed by atoms with Crippen LogP contribution < -0.4 is 0 Å². The van der Waals surface area contributed by atoms with E-state index in [1.54, 1.807) is 0 Å². The topological polar surface area (TPSA) is 40.6 Å². The summed E-state index contributed by atoms with van der Waals surface area (Å²) in [5.41, 5.74) is -0.259. The van der Waals surface area contributed by atoms with Crippen molar-refractivity contribution in [3.63, 3.8) is 0 Å². The smallest absolute Gasteiger partial charge is 0.246 e. The minimum atomic E-state index is -0.299. The fourth-order valence-corrected chi connectivity index (χ4v) is 3.46. The van der Waals surface area contributed by atoms with E-state index in [0.717, 1.165) is 32.2 Å². The predicted molar refractivity (Wildman–Crippen MR) is 79.2 cm³/mol. The zero-order valence-corrected chi connectivity index (χ0v) is 13.5. The summed E-state index contributed by atoms with van der Waals surface area (Å²) in [5, 5.41) is 0. The molecule has 2 rings (SSSR count). The molecule has 0 aromatic heterocycles. The maximum Gasteiger partial charge on any atom is 0.246 e. The quantitative estimate of drug-likeness (QED) is 0.796. The molecule has 2 unspecified atom stereocenters. The molecule has 20 heavy (non-hydrogen) atoms. The first kappa shape index (κ1) is 15.3. The van der Waals surface area contributed by atoms with Gasteiger partial charge in [-0.1, -0.05) is 20.8 Å². The van der Waals surface area contributed by atoms with Gasteiger partial charge < -0.3 is 9.80 Å². The maximum absolute atomic E-state index is 13.0. The van der Waals surface area contributed by atoms with Crippen LogP contribution in [0.25, 0.3) is 0 Å². The highest BCUT2D eigenvalue weighted by molar-refractivity contribution is 5.97. The third-order valence-electron chi connectivity index (χ3n) is 4.99. The van der Waals surface area contributed by atoms with Gasteiger partial charge in [-0.15, -0.1) is 0 Å². The zero-order chi connectivity index (χ0) is 15.1. The van der Waals surface area contributed by atoms with Crippen molar-refractivity contribution in [2.45, 2.75) is 77.9 Å². The van der Waals surface area contributed by atoms with Gasteiger partial charge in [0.1, 0.15) is 12.1 Å². The molecular weight excluding hydrogens is 252 g/mol. The Balaban J connectivity index is 2.41. The van der Waals surface area contributed by atoms with Crippen LogP contribution in [0.4, 0.5) is 0 Å². The molecule has 4 nitrogen and oxygen atoms in total. The Hall–Kier alpha value is -1.06. The fourth-order valence-electron chi connectivity index (χ4n) is 3.46. The van der Waals surface area contributed by atoms with E-state index < -0.39 is 0 Å². The molecule has 2 aliphatic heterocycles. The molecule has 4 heteroatoms. The molecule has 2 heterocycles. The van der Waals surface area contributed by atoms with E-state index in [0.29, 0.717) is 0 Å². The van der Waals surface area contributed by atoms with Gasteiger partial charge in [0.05, 0.1) is 0 Å². The van der Waals surface area contributed by atoms with Crippen LogP contribution in [0.2, 0.25) is 0 Å². The van der Waals surface area contributed by atoms with E-state index in [9.17, 15) is 9.59 Å². The van der Waals surface area contributed by atoms with Crippen LogP contribution >= 0.6 is 0 Å². The summed E-state index contributed by atoms with van der Waals surface area (Å²) in [6.45, 7) is 11.1. The van der Waals surface area contributed by atoms with Crippen LogP contribution in [0, 0.1) is 5.92 Å². The largest absolute Gasteiger partial charge is 0.329 e. The van der Waals surface area contributed by atoms with Crippen LogP contribution in [-0.4, -0.2) is 45.8 Å². The molecular formula is C16H28N2O2. The second-order valence-corrected chi connectivity index (χ2v) is 7.11. The standard InChI is InChI=1S/C16H28N2O2/c1-6-16(4,5)18-13(11(2)3)15(20)17-10-8-7-9-12(17)14(18)19/h11-13H,6-10H2,1-5H3. The average molecular weight is 280 g/mol. The molecule has 2 amide bonds. The molecule has 114 valence electrons. The summed E-state index contributed by atoms with van der Waals surface area (Å²) in [6.07, 6.45) is 3.76. The first-order chi connectivity index (χ1) is 9.31. The second-order valence-electron chi connectivity index (χ2n) is 7.11. The first-order valence-electron chi connectivity index (χ1n) is 7.95. The minimum absolute atomic E-state index is 0.153. The Bertz CT molecular complexity index is 403. The number of rotatable bonds is 3. The van der Waals surface area contributed by atoms with Crippen LogP contribution in [0.1, 0.15) is 60.3 Å². The van der Waals surface area contributed by atoms with Gasteiger partial charge in [0.25, 0.3) is 0 Å². The summed E-state index contributed by atoms with van der Waals surface area (Å²) in [6, 6.07) is -0.510. The van der Waals surface area contributed by atoms with Crippen LogP contribution in [-0.2, 0) is 9.59 Å². The van der Waals surface area contributed by atoms with Crippen molar-refractivity contribution in [1.29, 1.82) is 0 Å². The highest BCUT2D eigenvalue weighted by Gasteiger charge is 2.51. The Kier molecular flexibility index (Phi) is 4.12. The van der Waals surface area contributed by atoms with Crippen molar-refractivity contribution < 1.29 is 9.59 Å². The van der Waals surface area contributed by atoms with Gasteiger partial charge in [0, 0.05) is 12.1 Å². The number of carbonyl (C=O) groups is 2. The lowest BCUT2D eigenvalue weighted by Crippen LogP contribution is -2.71. The van der Waals surface area contributed by atoms with Crippen LogP contribution in [0.5, 0.6) is 0 Å². The zero-order valence-electron chi connectivity index (χ0n) is 13.5. The average Bonchev–Trinajstić information content (AvgIpc) is 2.42. The third-order valence-corrected chi connectivity index (χ3v) is 4.99. The number of nitrogens with zero attached hydrogens (tertiary/aromatic N) is 2. The van der Waals surface area contributed by atoms with Gasteiger partial charge >= 0.3 is 0 Å². The van der Waals surface area contributed by atoms with E-state index in [1.165, 1.54) is 0 Å². The van der Waals surface area contributed by atoms with Gasteiger partial charge in [-0.05, 0) is 45.4 Å². The van der Waals surface area contributed by atoms with Gasteiger partial charge in [0.15, 0.2) is 0 Å². The van der Waals surface area contributed by atoms with Crippen molar-refractivity contribution in [2.24, 2.45) is 5.92 Å². The molecule has 0 bridgehead atoms. The van der Waals surface area contributed by atoms with Crippen molar-refractivity contribution in [1.82, 2.24) is 9.80 Å². The summed E-state index contributed by atoms with van der Waals surface area (Å²) in [5.74, 6) is 0.473. The minimum Gasteiger partial charge on any atom is -0.329 e. The normalized spacial score (nSPS) is 28.1. The lowest BCUT2D eigenvalue weighted by atomic mass is 9.85. The molecule has 2 atom stereocenters. The van der Waals surface area contributed by atoms with Crippen molar-refractivity contribution >= 4 is 11.8 Å². The number of carbonyl (C=O) groups excluding carboxylic acids is 2. The Morgan fingerprint density at radius 3 is 2.40 bits per heavy atom. The lowest BCUT2D eigenvalue weighted by molar-refractivity contribution is -0.172. The Morgan fingerprint density at radius 1 is 1.20 bits per heavy atom. The molecule has 0 radical (unpaired) electrons. The lowest BCUT2D eigenvalue weighted by Gasteiger charge is -2.53. The maximum atomic E-state index is 13.0. The first-order valence-corrected chi connectivity index (χ1v) is 7.95. The predicted octanol–water partition coefficient (Wildman–Crippen LogP) is 2.42. The molecule has 0 saturated carbocycles. The second kappa shape index (κ2) is 5.38.